The monoisotopic (exact) mass is 274 g/mol. The van der Waals surface area contributed by atoms with E-state index in [0.29, 0.717) is 11.7 Å². The third-order valence-corrected chi connectivity index (χ3v) is 3.49. The smallest absolute Gasteiger partial charge is 0.147 e. The van der Waals surface area contributed by atoms with E-state index >= 15 is 0 Å². The first-order valence-corrected chi connectivity index (χ1v) is 6.65. The van der Waals surface area contributed by atoms with E-state index in [4.69, 9.17) is 17.3 Å². The van der Waals surface area contributed by atoms with Crippen LogP contribution in [0.3, 0.4) is 0 Å². The van der Waals surface area contributed by atoms with E-state index < -0.39 is 0 Å². The van der Waals surface area contributed by atoms with Crippen molar-refractivity contribution in [1.29, 1.82) is 0 Å². The lowest BCUT2D eigenvalue weighted by Gasteiger charge is -2.34. The van der Waals surface area contributed by atoms with E-state index in [0.717, 1.165) is 18.7 Å². The molecule has 0 saturated heterocycles. The van der Waals surface area contributed by atoms with Crippen molar-refractivity contribution in [2.45, 2.75) is 19.0 Å². The van der Waals surface area contributed by atoms with Gasteiger partial charge in [-0.1, -0.05) is 29.8 Å². The zero-order valence-electron chi connectivity index (χ0n) is 10.5. The van der Waals surface area contributed by atoms with Crippen LogP contribution in [-0.2, 0) is 13.0 Å². The highest BCUT2D eigenvalue weighted by Crippen LogP contribution is 2.27. The minimum absolute atomic E-state index is 0.162. The Balaban J connectivity index is 1.86. The summed E-state index contributed by atoms with van der Waals surface area (Å²) in [6.45, 7) is 1.54. The molecule has 0 spiro atoms. The second-order valence-electron chi connectivity index (χ2n) is 4.80. The number of halogens is 1. The number of benzene rings is 1. The van der Waals surface area contributed by atoms with E-state index in [1.165, 1.54) is 11.3 Å². The van der Waals surface area contributed by atoms with Gasteiger partial charge in [-0.15, -0.1) is 0 Å². The van der Waals surface area contributed by atoms with Gasteiger partial charge in [0.2, 0.25) is 0 Å². The summed E-state index contributed by atoms with van der Waals surface area (Å²) in [6.07, 6.45) is 4.22. The first-order valence-electron chi connectivity index (χ1n) is 6.27. The van der Waals surface area contributed by atoms with Crippen LogP contribution in [0.25, 0.3) is 0 Å². The van der Waals surface area contributed by atoms with Crippen molar-refractivity contribution in [1.82, 2.24) is 9.97 Å². The Morgan fingerprint density at radius 3 is 2.89 bits per heavy atom. The number of nitrogens with two attached hydrogens (primary N) is 1. The third-order valence-electron chi connectivity index (χ3n) is 3.30. The van der Waals surface area contributed by atoms with Crippen molar-refractivity contribution >= 4 is 17.3 Å². The summed E-state index contributed by atoms with van der Waals surface area (Å²) < 4.78 is 0. The van der Waals surface area contributed by atoms with Crippen molar-refractivity contribution in [3.8, 4) is 0 Å². The molecular weight excluding hydrogens is 260 g/mol. The van der Waals surface area contributed by atoms with Crippen LogP contribution < -0.4 is 10.6 Å². The molecule has 4 nitrogen and oxygen atoms in total. The molecule has 1 unspecified atom stereocenters. The van der Waals surface area contributed by atoms with Crippen LogP contribution in [0, 0.1) is 0 Å². The van der Waals surface area contributed by atoms with Crippen LogP contribution in [0.2, 0.25) is 5.15 Å². The standard InChI is InChI=1S/C14H15ClN4/c15-14-7-17-12(6-18-14)9-19-8-11(16)5-10-3-1-2-4-13(10)19/h1-4,6-7,11H,5,8-9,16H2. The lowest BCUT2D eigenvalue weighted by molar-refractivity contribution is 0.595. The fourth-order valence-electron chi connectivity index (χ4n) is 2.49. The van der Waals surface area contributed by atoms with Gasteiger partial charge in [-0.25, -0.2) is 4.98 Å². The number of hydrogen-bond acceptors (Lipinski definition) is 4. The molecule has 1 aliphatic rings. The maximum Gasteiger partial charge on any atom is 0.147 e. The first kappa shape index (κ1) is 12.4. The molecule has 0 radical (unpaired) electrons. The number of rotatable bonds is 2. The Labute approximate surface area is 117 Å². The van der Waals surface area contributed by atoms with Gasteiger partial charge < -0.3 is 10.6 Å². The Morgan fingerprint density at radius 1 is 1.26 bits per heavy atom. The van der Waals surface area contributed by atoms with Gasteiger partial charge in [-0.3, -0.25) is 4.98 Å². The average Bonchev–Trinajstić information content (AvgIpc) is 2.41. The van der Waals surface area contributed by atoms with Crippen molar-refractivity contribution in [3.05, 3.63) is 53.1 Å². The van der Waals surface area contributed by atoms with E-state index in [9.17, 15) is 0 Å². The van der Waals surface area contributed by atoms with Crippen molar-refractivity contribution < 1.29 is 0 Å². The summed E-state index contributed by atoms with van der Waals surface area (Å²) in [7, 11) is 0. The molecule has 3 rings (SSSR count). The summed E-state index contributed by atoms with van der Waals surface area (Å²) >= 11 is 5.75. The van der Waals surface area contributed by atoms with Crippen LogP contribution >= 0.6 is 11.6 Å². The minimum Gasteiger partial charge on any atom is -0.364 e. The normalized spacial score (nSPS) is 18.2. The molecule has 0 bridgehead atoms. The van der Waals surface area contributed by atoms with E-state index in [2.05, 4.69) is 39.1 Å². The van der Waals surface area contributed by atoms with Crippen LogP contribution in [0.15, 0.2) is 36.7 Å². The number of hydrogen-bond donors (Lipinski definition) is 1. The topological polar surface area (TPSA) is 55.0 Å². The number of aromatic nitrogens is 2. The van der Waals surface area contributed by atoms with Crippen molar-refractivity contribution in [2.24, 2.45) is 5.73 Å². The Hall–Kier alpha value is -1.65. The zero-order chi connectivity index (χ0) is 13.2. The molecule has 2 aromatic rings. The predicted molar refractivity (Wildman–Crippen MR) is 76.2 cm³/mol. The molecule has 5 heteroatoms. The molecule has 1 atom stereocenters. The van der Waals surface area contributed by atoms with E-state index in [-0.39, 0.29) is 6.04 Å². The summed E-state index contributed by atoms with van der Waals surface area (Å²) in [6, 6.07) is 8.53. The van der Waals surface area contributed by atoms with Crippen LogP contribution in [0.1, 0.15) is 11.3 Å². The third kappa shape index (κ3) is 2.69. The summed E-state index contributed by atoms with van der Waals surface area (Å²) in [5.41, 5.74) is 9.55. The van der Waals surface area contributed by atoms with Gasteiger partial charge in [0.25, 0.3) is 0 Å². The summed E-state index contributed by atoms with van der Waals surface area (Å²) in [5.74, 6) is 0. The summed E-state index contributed by atoms with van der Waals surface area (Å²) in [5, 5.41) is 0.416. The molecule has 98 valence electrons. The lowest BCUT2D eigenvalue weighted by Crippen LogP contribution is -2.43. The molecule has 0 saturated carbocycles. The molecule has 0 aliphatic carbocycles. The lowest BCUT2D eigenvalue weighted by atomic mass is 9.98. The molecule has 2 heterocycles. The highest BCUT2D eigenvalue weighted by atomic mass is 35.5. The fourth-order valence-corrected chi connectivity index (χ4v) is 2.58. The molecule has 1 aromatic carbocycles. The Kier molecular flexibility index (Phi) is 3.36. The molecular formula is C14H15ClN4. The van der Waals surface area contributed by atoms with E-state index in [1.807, 2.05) is 0 Å². The number of fused-ring (bicyclic) bond motifs is 1. The maximum absolute atomic E-state index is 6.12. The van der Waals surface area contributed by atoms with Gasteiger partial charge in [0.1, 0.15) is 5.15 Å². The van der Waals surface area contributed by atoms with Crippen LogP contribution in [0.5, 0.6) is 0 Å². The van der Waals surface area contributed by atoms with Crippen molar-refractivity contribution in [3.63, 3.8) is 0 Å². The Morgan fingerprint density at radius 2 is 2.11 bits per heavy atom. The first-order chi connectivity index (χ1) is 9.22. The second kappa shape index (κ2) is 5.15. The number of para-hydroxylation sites is 1. The largest absolute Gasteiger partial charge is 0.364 e. The van der Waals surface area contributed by atoms with Gasteiger partial charge >= 0.3 is 0 Å². The fraction of sp³-hybridized carbons (Fsp3) is 0.286. The quantitative estimate of drug-likeness (QED) is 0.910. The highest BCUT2D eigenvalue weighted by molar-refractivity contribution is 6.29. The minimum atomic E-state index is 0.162. The van der Waals surface area contributed by atoms with Crippen molar-refractivity contribution in [2.75, 3.05) is 11.4 Å². The van der Waals surface area contributed by atoms with Gasteiger partial charge in [0.15, 0.2) is 0 Å². The molecule has 1 aliphatic heterocycles. The predicted octanol–water partition coefficient (Wildman–Crippen LogP) is 2.02. The van der Waals surface area contributed by atoms with Gasteiger partial charge in [0, 0.05) is 18.3 Å². The van der Waals surface area contributed by atoms with Gasteiger partial charge in [-0.2, -0.15) is 0 Å². The number of nitrogens with zero attached hydrogens (tertiary/aromatic N) is 3. The molecule has 2 N–H and O–H groups in total. The van der Waals surface area contributed by atoms with Crippen LogP contribution in [-0.4, -0.2) is 22.6 Å². The summed E-state index contributed by atoms with van der Waals surface area (Å²) in [4.78, 5) is 10.6. The number of anilines is 1. The molecule has 1 aromatic heterocycles. The maximum atomic E-state index is 6.12. The van der Waals surface area contributed by atoms with Gasteiger partial charge in [-0.05, 0) is 18.1 Å². The van der Waals surface area contributed by atoms with E-state index in [1.54, 1.807) is 12.4 Å². The second-order valence-corrected chi connectivity index (χ2v) is 5.19. The molecule has 0 fully saturated rings. The SMILES string of the molecule is NC1Cc2ccccc2N(Cc2cnc(Cl)cn2)C1. The Bertz CT molecular complexity index is 570. The molecule has 0 amide bonds. The van der Waals surface area contributed by atoms with Crippen LogP contribution in [0.4, 0.5) is 5.69 Å². The average molecular weight is 275 g/mol. The molecule has 19 heavy (non-hydrogen) atoms. The highest BCUT2D eigenvalue weighted by Gasteiger charge is 2.21. The van der Waals surface area contributed by atoms with Gasteiger partial charge in [0.05, 0.1) is 24.6 Å². The zero-order valence-corrected chi connectivity index (χ0v) is 11.2.